The molecule has 154 valence electrons. The number of aliphatic hydroxyl groups is 1. The summed E-state index contributed by atoms with van der Waals surface area (Å²) in [5.41, 5.74) is 0.882. The van der Waals surface area contributed by atoms with Crippen LogP contribution in [0.2, 0.25) is 0 Å². The molecule has 0 heterocycles. The Morgan fingerprint density at radius 2 is 1.70 bits per heavy atom. The summed E-state index contributed by atoms with van der Waals surface area (Å²) in [6.07, 6.45) is 12.4. The van der Waals surface area contributed by atoms with Crippen LogP contribution in [-0.2, 0) is 4.79 Å². The third-order valence-corrected chi connectivity index (χ3v) is 10.2. The molecule has 0 aromatic carbocycles. The molecule has 9 atom stereocenters. The number of rotatable bonds is 4. The van der Waals surface area contributed by atoms with Crippen molar-refractivity contribution in [3.63, 3.8) is 0 Å². The molecule has 4 aliphatic rings. The Labute approximate surface area is 165 Å². The number of carboxylic acid groups (broad SMARTS) is 1. The van der Waals surface area contributed by atoms with E-state index in [1.807, 2.05) is 0 Å². The predicted octanol–water partition coefficient (Wildman–Crippen LogP) is 5.51. The van der Waals surface area contributed by atoms with Crippen LogP contribution in [0.25, 0.3) is 0 Å². The van der Waals surface area contributed by atoms with E-state index in [-0.39, 0.29) is 6.10 Å². The van der Waals surface area contributed by atoms with Crippen LogP contribution in [0, 0.1) is 46.3 Å². The van der Waals surface area contributed by atoms with Crippen LogP contribution in [0.5, 0.6) is 0 Å². The van der Waals surface area contributed by atoms with E-state index < -0.39 is 5.97 Å². The first-order valence-corrected chi connectivity index (χ1v) is 11.7. The Morgan fingerprint density at radius 3 is 2.44 bits per heavy atom. The van der Waals surface area contributed by atoms with Gasteiger partial charge < -0.3 is 10.2 Å². The van der Waals surface area contributed by atoms with E-state index in [4.69, 9.17) is 5.11 Å². The molecule has 0 aromatic rings. The fourth-order valence-corrected chi connectivity index (χ4v) is 8.76. The fraction of sp³-hybridized carbons (Fsp3) is 0.958. The summed E-state index contributed by atoms with van der Waals surface area (Å²) < 4.78 is 0. The molecule has 0 spiro atoms. The Balaban J connectivity index is 1.51. The van der Waals surface area contributed by atoms with E-state index in [0.29, 0.717) is 29.1 Å². The first kappa shape index (κ1) is 19.7. The van der Waals surface area contributed by atoms with Crippen LogP contribution < -0.4 is 0 Å². The summed E-state index contributed by atoms with van der Waals surface area (Å²) in [4.78, 5) is 11.0. The molecule has 0 saturated heterocycles. The van der Waals surface area contributed by atoms with Crippen molar-refractivity contribution in [1.29, 1.82) is 0 Å². The van der Waals surface area contributed by atoms with E-state index >= 15 is 0 Å². The maximum Gasteiger partial charge on any atom is 0.303 e. The molecular formula is C24H40O3. The van der Waals surface area contributed by atoms with Crippen LogP contribution >= 0.6 is 0 Å². The molecule has 0 radical (unpaired) electrons. The summed E-state index contributed by atoms with van der Waals surface area (Å²) in [6, 6.07) is 0. The molecule has 4 rings (SSSR count). The van der Waals surface area contributed by atoms with E-state index in [9.17, 15) is 9.90 Å². The van der Waals surface area contributed by atoms with Crippen molar-refractivity contribution in [1.82, 2.24) is 0 Å². The van der Waals surface area contributed by atoms with Gasteiger partial charge in [-0.25, -0.2) is 0 Å². The van der Waals surface area contributed by atoms with Gasteiger partial charge in [-0.3, -0.25) is 4.79 Å². The highest BCUT2D eigenvalue weighted by molar-refractivity contribution is 5.66. The van der Waals surface area contributed by atoms with Crippen LogP contribution in [0.4, 0.5) is 0 Å². The van der Waals surface area contributed by atoms with Gasteiger partial charge in [-0.1, -0.05) is 20.8 Å². The van der Waals surface area contributed by atoms with Crippen molar-refractivity contribution >= 4 is 5.97 Å². The molecule has 4 fully saturated rings. The van der Waals surface area contributed by atoms with Gasteiger partial charge in [0.25, 0.3) is 0 Å². The van der Waals surface area contributed by atoms with Crippen LogP contribution in [0.15, 0.2) is 0 Å². The van der Waals surface area contributed by atoms with Crippen molar-refractivity contribution in [3.05, 3.63) is 0 Å². The average Bonchev–Trinajstić information content (AvgIpc) is 2.97. The number of hydrogen-bond donors (Lipinski definition) is 2. The third kappa shape index (κ3) is 3.16. The first-order chi connectivity index (χ1) is 12.8. The smallest absolute Gasteiger partial charge is 0.303 e. The summed E-state index contributed by atoms with van der Waals surface area (Å²) in [6.45, 7) is 7.43. The maximum absolute atomic E-state index is 11.0. The first-order valence-electron chi connectivity index (χ1n) is 11.7. The fourth-order valence-electron chi connectivity index (χ4n) is 8.76. The topological polar surface area (TPSA) is 57.5 Å². The van der Waals surface area contributed by atoms with Gasteiger partial charge in [-0.2, -0.15) is 0 Å². The van der Waals surface area contributed by atoms with E-state index in [2.05, 4.69) is 20.8 Å². The summed E-state index contributed by atoms with van der Waals surface area (Å²) in [7, 11) is 0. The Hall–Kier alpha value is -0.570. The van der Waals surface area contributed by atoms with Crippen molar-refractivity contribution in [3.8, 4) is 0 Å². The number of fused-ring (bicyclic) bond motifs is 5. The lowest BCUT2D eigenvalue weighted by molar-refractivity contribution is -0.138. The zero-order valence-corrected chi connectivity index (χ0v) is 17.6. The van der Waals surface area contributed by atoms with Crippen LogP contribution in [0.1, 0.15) is 91.4 Å². The van der Waals surface area contributed by atoms with Gasteiger partial charge in [0.1, 0.15) is 0 Å². The van der Waals surface area contributed by atoms with Crippen molar-refractivity contribution < 1.29 is 15.0 Å². The van der Waals surface area contributed by atoms with Crippen LogP contribution in [0.3, 0.4) is 0 Å². The van der Waals surface area contributed by atoms with E-state index in [1.165, 1.54) is 44.9 Å². The minimum atomic E-state index is -0.643. The Kier molecular flexibility index (Phi) is 5.15. The van der Waals surface area contributed by atoms with Gasteiger partial charge in [0.2, 0.25) is 0 Å². The Bertz CT molecular complexity index is 574. The van der Waals surface area contributed by atoms with E-state index in [0.717, 1.165) is 42.9 Å². The molecule has 0 amide bonds. The van der Waals surface area contributed by atoms with Gasteiger partial charge in [0.05, 0.1) is 6.10 Å². The normalized spacial score (nSPS) is 50.4. The molecule has 4 saturated carbocycles. The highest BCUT2D eigenvalue weighted by atomic mass is 16.4. The zero-order chi connectivity index (χ0) is 19.4. The third-order valence-electron chi connectivity index (χ3n) is 10.2. The molecule has 3 nitrogen and oxygen atoms in total. The number of aliphatic hydroxyl groups excluding tert-OH is 1. The Morgan fingerprint density at radius 1 is 1.00 bits per heavy atom. The second kappa shape index (κ2) is 7.04. The maximum atomic E-state index is 11.0. The second-order valence-corrected chi connectivity index (χ2v) is 11.2. The second-order valence-electron chi connectivity index (χ2n) is 11.2. The number of carboxylic acids is 1. The molecule has 0 aliphatic heterocycles. The minimum Gasteiger partial charge on any atom is -0.481 e. The summed E-state index contributed by atoms with van der Waals surface area (Å²) in [5.74, 6) is 3.91. The number of hydrogen-bond acceptors (Lipinski definition) is 2. The molecule has 2 N–H and O–H groups in total. The molecule has 5 unspecified atom stereocenters. The largest absolute Gasteiger partial charge is 0.481 e. The SMILES string of the molecule is C[C@H](CCC(=O)O)C1CCC2C3CCC4C[C@@H](O)CC[C@]4(C)C3CC[C@@]21C. The molecule has 3 heteroatoms. The van der Waals surface area contributed by atoms with Crippen LogP contribution in [-0.4, -0.2) is 22.3 Å². The lowest BCUT2D eigenvalue weighted by Gasteiger charge is -2.61. The lowest BCUT2D eigenvalue weighted by atomic mass is 9.44. The molecule has 27 heavy (non-hydrogen) atoms. The molecule has 4 aliphatic carbocycles. The zero-order valence-electron chi connectivity index (χ0n) is 17.6. The van der Waals surface area contributed by atoms with Crippen molar-refractivity contribution in [2.75, 3.05) is 0 Å². The number of carbonyl (C=O) groups is 1. The highest BCUT2D eigenvalue weighted by Gasteiger charge is 2.60. The summed E-state index contributed by atoms with van der Waals surface area (Å²) >= 11 is 0. The molecule has 0 bridgehead atoms. The van der Waals surface area contributed by atoms with Gasteiger partial charge in [0, 0.05) is 6.42 Å². The predicted molar refractivity (Wildman–Crippen MR) is 107 cm³/mol. The van der Waals surface area contributed by atoms with Gasteiger partial charge >= 0.3 is 5.97 Å². The minimum absolute atomic E-state index is 0.0561. The van der Waals surface area contributed by atoms with Gasteiger partial charge in [-0.15, -0.1) is 0 Å². The number of aliphatic carboxylic acids is 1. The summed E-state index contributed by atoms with van der Waals surface area (Å²) in [5, 5.41) is 19.3. The van der Waals surface area contributed by atoms with Crippen molar-refractivity contribution in [2.45, 2.75) is 97.5 Å². The lowest BCUT2D eigenvalue weighted by Crippen LogP contribution is -2.54. The standard InChI is InChI=1S/C24H40O3/c1-15(4-9-22(26)27)19-7-8-20-18-6-5-16-14-17(25)10-12-23(16,2)21(18)11-13-24(19,20)3/h15-21,25H,4-14H2,1-3H3,(H,26,27)/t15-,16?,17+,18?,19?,20?,21?,23+,24-/m1/s1. The average molecular weight is 377 g/mol. The van der Waals surface area contributed by atoms with E-state index in [1.54, 1.807) is 0 Å². The quantitative estimate of drug-likeness (QED) is 0.680. The van der Waals surface area contributed by atoms with Gasteiger partial charge in [0.15, 0.2) is 0 Å². The highest BCUT2D eigenvalue weighted by Crippen LogP contribution is 2.68. The van der Waals surface area contributed by atoms with Crippen molar-refractivity contribution in [2.24, 2.45) is 46.3 Å². The molecular weight excluding hydrogens is 336 g/mol. The molecule has 0 aromatic heterocycles. The monoisotopic (exact) mass is 376 g/mol. The van der Waals surface area contributed by atoms with Gasteiger partial charge in [-0.05, 0) is 111 Å².